The van der Waals surface area contributed by atoms with Gasteiger partial charge in [-0.1, -0.05) is 41.9 Å². The summed E-state index contributed by atoms with van der Waals surface area (Å²) >= 11 is 5.50. The van der Waals surface area contributed by atoms with E-state index < -0.39 is 5.91 Å². The molecule has 2 amide bonds. The molecule has 2 aromatic carbocycles. The van der Waals surface area contributed by atoms with Crippen LogP contribution in [-0.4, -0.2) is 18.4 Å². The van der Waals surface area contributed by atoms with E-state index in [4.69, 9.17) is 4.74 Å². The lowest BCUT2D eigenvalue weighted by atomic mass is 10.0. The molecule has 132 valence electrons. The average Bonchev–Trinajstić information content (AvgIpc) is 2.58. The summed E-state index contributed by atoms with van der Waals surface area (Å²) in [4.78, 5) is 24.0. The van der Waals surface area contributed by atoms with Crippen molar-refractivity contribution in [1.29, 1.82) is 0 Å². The van der Waals surface area contributed by atoms with E-state index in [1.807, 2.05) is 30.3 Å². The minimum Gasteiger partial charge on any atom is -0.483 e. The number of amides is 2. The topological polar surface area (TPSA) is 67.4 Å². The second-order valence-corrected chi connectivity index (χ2v) is 7.69. The molecule has 0 aromatic heterocycles. The first kappa shape index (κ1) is 19.7. The molecule has 0 bridgehead atoms. The Morgan fingerprint density at radius 3 is 2.56 bits per heavy atom. The molecule has 2 aromatic rings. The van der Waals surface area contributed by atoms with Crippen molar-refractivity contribution in [2.45, 2.75) is 19.8 Å². The van der Waals surface area contributed by atoms with Gasteiger partial charge in [-0.2, -0.15) is 0 Å². The molecule has 2 rings (SSSR count). The van der Waals surface area contributed by atoms with Gasteiger partial charge in [-0.25, -0.2) is 0 Å². The number of nitrogens with one attached hydrogen (secondary N) is 2. The Morgan fingerprint density at radius 2 is 1.88 bits per heavy atom. The Bertz CT molecular complexity index is 781. The van der Waals surface area contributed by atoms with E-state index in [1.165, 1.54) is 0 Å². The van der Waals surface area contributed by atoms with Crippen molar-refractivity contribution < 1.29 is 14.3 Å². The number of rotatable bonds is 5. The summed E-state index contributed by atoms with van der Waals surface area (Å²) in [5.74, 6) is 0.106. The highest BCUT2D eigenvalue weighted by Crippen LogP contribution is 2.29. The van der Waals surface area contributed by atoms with Crippen molar-refractivity contribution in [2.24, 2.45) is 0 Å². The largest absolute Gasteiger partial charge is 0.483 e. The Labute approximate surface area is 168 Å². The molecule has 0 atom stereocenters. The fourth-order valence-corrected chi connectivity index (χ4v) is 3.13. The van der Waals surface area contributed by atoms with Crippen LogP contribution in [0.3, 0.4) is 0 Å². The number of hydrogen-bond donors (Lipinski definition) is 2. The summed E-state index contributed by atoms with van der Waals surface area (Å²) in [7, 11) is 0. The van der Waals surface area contributed by atoms with E-state index in [0.717, 1.165) is 13.6 Å². The van der Waals surface area contributed by atoms with Gasteiger partial charge in [0.05, 0.1) is 5.56 Å². The predicted molar refractivity (Wildman–Crippen MR) is 108 cm³/mol. The molecule has 2 N–H and O–H groups in total. The third-order valence-electron chi connectivity index (χ3n) is 3.39. The van der Waals surface area contributed by atoms with Crippen molar-refractivity contribution in [3.63, 3.8) is 0 Å². The van der Waals surface area contributed by atoms with Gasteiger partial charge in [0.1, 0.15) is 5.75 Å². The zero-order valence-electron chi connectivity index (χ0n) is 13.8. The van der Waals surface area contributed by atoms with Crippen LogP contribution in [-0.2, 0) is 4.79 Å². The first-order valence-corrected chi connectivity index (χ1v) is 9.51. The molecule has 0 radical (unpaired) electrons. The summed E-state index contributed by atoms with van der Waals surface area (Å²) in [5, 5.41) is 0. The fourth-order valence-electron chi connectivity index (χ4n) is 2.12. The van der Waals surface area contributed by atoms with E-state index in [2.05, 4.69) is 63.2 Å². The van der Waals surface area contributed by atoms with Gasteiger partial charge in [0.2, 0.25) is 0 Å². The maximum Gasteiger partial charge on any atom is 0.276 e. The fraction of sp³-hybridized carbons (Fsp3) is 0.222. The van der Waals surface area contributed by atoms with Gasteiger partial charge in [-0.3, -0.25) is 20.4 Å². The SMILES string of the molecule is CC(C)c1cc(Br)ccc1OCC(=O)NNC(=O)c1ccccc1I. The zero-order valence-corrected chi connectivity index (χ0v) is 17.6. The van der Waals surface area contributed by atoms with Crippen molar-refractivity contribution in [3.8, 4) is 5.75 Å². The molecule has 5 nitrogen and oxygen atoms in total. The molecule has 0 heterocycles. The number of hydrogen-bond acceptors (Lipinski definition) is 3. The van der Waals surface area contributed by atoms with Gasteiger partial charge >= 0.3 is 0 Å². The lowest BCUT2D eigenvalue weighted by molar-refractivity contribution is -0.123. The summed E-state index contributed by atoms with van der Waals surface area (Å²) in [6.07, 6.45) is 0. The predicted octanol–water partition coefficient (Wildman–Crippen LogP) is 4.02. The van der Waals surface area contributed by atoms with Gasteiger partial charge in [-0.05, 0) is 64.4 Å². The van der Waals surface area contributed by atoms with Crippen LogP contribution in [0.2, 0.25) is 0 Å². The molecule has 0 aliphatic heterocycles. The molecule has 0 fully saturated rings. The summed E-state index contributed by atoms with van der Waals surface area (Å²) in [6, 6.07) is 12.8. The molecular weight excluding hydrogens is 499 g/mol. The van der Waals surface area contributed by atoms with Crippen LogP contribution >= 0.6 is 38.5 Å². The van der Waals surface area contributed by atoms with E-state index in [0.29, 0.717) is 11.3 Å². The number of benzene rings is 2. The van der Waals surface area contributed by atoms with Crippen LogP contribution in [0, 0.1) is 3.57 Å². The standard InChI is InChI=1S/C18H18BrIN2O3/c1-11(2)14-9-12(19)7-8-16(14)25-10-17(23)21-22-18(24)13-5-3-4-6-15(13)20/h3-9,11H,10H2,1-2H3,(H,21,23)(H,22,24). The number of carbonyl (C=O) groups is 2. The summed E-state index contributed by atoms with van der Waals surface area (Å²) in [6.45, 7) is 3.92. The van der Waals surface area contributed by atoms with Crippen LogP contribution in [0.4, 0.5) is 0 Å². The second kappa shape index (κ2) is 9.19. The van der Waals surface area contributed by atoms with Crippen LogP contribution in [0.25, 0.3) is 0 Å². The average molecular weight is 517 g/mol. The van der Waals surface area contributed by atoms with Crippen LogP contribution in [0.5, 0.6) is 5.75 Å². The number of ether oxygens (including phenoxy) is 1. The molecule has 0 spiro atoms. The number of hydrazine groups is 1. The van der Waals surface area contributed by atoms with Gasteiger partial charge < -0.3 is 4.74 Å². The smallest absolute Gasteiger partial charge is 0.276 e. The molecule has 0 saturated heterocycles. The monoisotopic (exact) mass is 516 g/mol. The van der Waals surface area contributed by atoms with Crippen molar-refractivity contribution in [1.82, 2.24) is 10.9 Å². The Hall–Kier alpha value is -1.61. The zero-order chi connectivity index (χ0) is 18.4. The third-order valence-corrected chi connectivity index (χ3v) is 4.82. The molecule has 25 heavy (non-hydrogen) atoms. The maximum atomic E-state index is 12.0. The summed E-state index contributed by atoms with van der Waals surface area (Å²) < 4.78 is 7.35. The number of halogens is 2. The maximum absolute atomic E-state index is 12.0. The lowest BCUT2D eigenvalue weighted by Gasteiger charge is -2.14. The molecule has 0 unspecified atom stereocenters. The minimum atomic E-state index is -0.433. The number of carbonyl (C=O) groups excluding carboxylic acids is 2. The first-order valence-electron chi connectivity index (χ1n) is 7.64. The normalized spacial score (nSPS) is 10.4. The molecule has 0 aliphatic carbocycles. The Balaban J connectivity index is 1.89. The minimum absolute atomic E-state index is 0.187. The second-order valence-electron chi connectivity index (χ2n) is 5.61. The van der Waals surface area contributed by atoms with Gasteiger partial charge in [0.15, 0.2) is 6.61 Å². The highest BCUT2D eigenvalue weighted by Gasteiger charge is 2.12. The summed E-state index contributed by atoms with van der Waals surface area (Å²) in [5.41, 5.74) is 6.26. The Kier molecular flexibility index (Phi) is 7.24. The van der Waals surface area contributed by atoms with Crippen LogP contribution < -0.4 is 15.6 Å². The molecule has 0 saturated carbocycles. The highest BCUT2D eigenvalue weighted by atomic mass is 127. The quantitative estimate of drug-likeness (QED) is 0.466. The lowest BCUT2D eigenvalue weighted by Crippen LogP contribution is -2.44. The van der Waals surface area contributed by atoms with E-state index >= 15 is 0 Å². The Morgan fingerprint density at radius 1 is 1.16 bits per heavy atom. The van der Waals surface area contributed by atoms with E-state index in [-0.39, 0.29) is 18.4 Å². The third kappa shape index (κ3) is 5.71. The van der Waals surface area contributed by atoms with Gasteiger partial charge in [0, 0.05) is 8.04 Å². The van der Waals surface area contributed by atoms with Crippen LogP contribution in [0.1, 0.15) is 35.7 Å². The van der Waals surface area contributed by atoms with Crippen molar-refractivity contribution in [2.75, 3.05) is 6.61 Å². The molecule has 7 heteroatoms. The van der Waals surface area contributed by atoms with Crippen molar-refractivity contribution >= 4 is 50.3 Å². The highest BCUT2D eigenvalue weighted by molar-refractivity contribution is 14.1. The molecular formula is C18H18BrIN2O3. The van der Waals surface area contributed by atoms with Crippen LogP contribution in [0.15, 0.2) is 46.9 Å². The molecule has 0 aliphatic rings. The van der Waals surface area contributed by atoms with Gasteiger partial charge in [-0.15, -0.1) is 0 Å². The van der Waals surface area contributed by atoms with Gasteiger partial charge in [0.25, 0.3) is 11.8 Å². The van der Waals surface area contributed by atoms with E-state index in [1.54, 1.807) is 12.1 Å². The van der Waals surface area contributed by atoms with E-state index in [9.17, 15) is 9.59 Å². The first-order chi connectivity index (χ1) is 11.9. The van der Waals surface area contributed by atoms with Crippen molar-refractivity contribution in [3.05, 3.63) is 61.6 Å².